The van der Waals surface area contributed by atoms with Gasteiger partial charge in [-0.1, -0.05) is 11.8 Å². The fourth-order valence-electron chi connectivity index (χ4n) is 2.24. The van der Waals surface area contributed by atoms with Gasteiger partial charge in [-0.05, 0) is 30.5 Å². The molecule has 114 valence electrons. The van der Waals surface area contributed by atoms with Gasteiger partial charge in [0.05, 0.1) is 6.54 Å². The minimum Gasteiger partial charge on any atom is -0.396 e. The molecule has 1 aliphatic rings. The molecular weight excluding hydrogens is 295 g/mol. The summed E-state index contributed by atoms with van der Waals surface area (Å²) in [5, 5.41) is 9.07. The molecule has 1 saturated heterocycles. The Morgan fingerprint density at radius 2 is 2.24 bits per heavy atom. The highest BCUT2D eigenvalue weighted by Crippen LogP contribution is 2.26. The number of hydrogen-bond donors (Lipinski definition) is 2. The van der Waals surface area contributed by atoms with E-state index in [1.807, 2.05) is 0 Å². The van der Waals surface area contributed by atoms with Crippen molar-refractivity contribution in [3.8, 4) is 11.8 Å². The maximum absolute atomic E-state index is 14.1. The minimum absolute atomic E-state index is 0.0673. The molecule has 0 amide bonds. The third kappa shape index (κ3) is 3.41. The minimum atomic E-state index is -3.88. The summed E-state index contributed by atoms with van der Waals surface area (Å²) in [5.41, 5.74) is 5.61. The fraction of sp³-hybridized carbons (Fsp3) is 0.429. The van der Waals surface area contributed by atoms with Gasteiger partial charge in [0.15, 0.2) is 0 Å². The molecule has 1 atom stereocenters. The van der Waals surface area contributed by atoms with Crippen LogP contribution in [-0.4, -0.2) is 44.1 Å². The first-order valence-corrected chi connectivity index (χ1v) is 8.02. The van der Waals surface area contributed by atoms with Crippen molar-refractivity contribution in [1.29, 1.82) is 0 Å². The lowest BCUT2D eigenvalue weighted by Gasteiger charge is -2.16. The van der Waals surface area contributed by atoms with Crippen molar-refractivity contribution in [2.75, 3.05) is 26.2 Å². The van der Waals surface area contributed by atoms with Gasteiger partial charge >= 0.3 is 0 Å². The van der Waals surface area contributed by atoms with Gasteiger partial charge < -0.3 is 10.8 Å². The van der Waals surface area contributed by atoms with Crippen LogP contribution in [0.5, 0.6) is 0 Å². The highest BCUT2D eigenvalue weighted by molar-refractivity contribution is 7.89. The van der Waals surface area contributed by atoms with Crippen molar-refractivity contribution in [2.45, 2.75) is 11.3 Å². The van der Waals surface area contributed by atoms with E-state index in [4.69, 9.17) is 10.8 Å². The monoisotopic (exact) mass is 312 g/mol. The number of nitrogens with zero attached hydrogens (tertiary/aromatic N) is 1. The van der Waals surface area contributed by atoms with E-state index in [0.717, 1.165) is 6.07 Å². The van der Waals surface area contributed by atoms with E-state index in [2.05, 4.69) is 11.8 Å². The fourth-order valence-corrected chi connectivity index (χ4v) is 3.82. The largest absolute Gasteiger partial charge is 0.396 e. The SMILES string of the molecule is NCC#Cc1ccc(S(=O)(=O)N2CCC(CO)C2)c(F)c1. The molecule has 0 bridgehead atoms. The second-order valence-electron chi connectivity index (χ2n) is 4.85. The molecule has 0 aromatic heterocycles. The van der Waals surface area contributed by atoms with E-state index >= 15 is 0 Å². The van der Waals surface area contributed by atoms with Crippen LogP contribution in [0.4, 0.5) is 4.39 Å². The number of benzene rings is 1. The number of aliphatic hydroxyl groups is 1. The first-order valence-electron chi connectivity index (χ1n) is 6.58. The number of sulfonamides is 1. The Morgan fingerprint density at radius 3 is 2.81 bits per heavy atom. The Hall–Kier alpha value is -1.46. The first-order chi connectivity index (χ1) is 9.98. The lowest BCUT2D eigenvalue weighted by Crippen LogP contribution is -2.30. The van der Waals surface area contributed by atoms with Gasteiger partial charge in [-0.25, -0.2) is 12.8 Å². The molecule has 1 aliphatic heterocycles. The molecule has 0 saturated carbocycles. The molecule has 0 aliphatic carbocycles. The zero-order valence-corrected chi connectivity index (χ0v) is 12.2. The molecular formula is C14H17FN2O3S. The van der Waals surface area contributed by atoms with E-state index in [-0.39, 0.29) is 30.5 Å². The number of hydrogen-bond acceptors (Lipinski definition) is 4. The van der Waals surface area contributed by atoms with E-state index < -0.39 is 15.8 Å². The van der Waals surface area contributed by atoms with E-state index in [9.17, 15) is 12.8 Å². The maximum Gasteiger partial charge on any atom is 0.245 e. The second kappa shape index (κ2) is 6.54. The van der Waals surface area contributed by atoms with E-state index in [0.29, 0.717) is 18.5 Å². The standard InChI is InChI=1S/C14H17FN2O3S/c15-13-8-11(2-1-6-16)3-4-14(13)21(19,20)17-7-5-12(9-17)10-18/h3-4,8,12,18H,5-7,9-10,16H2. The molecule has 5 nitrogen and oxygen atoms in total. The summed E-state index contributed by atoms with van der Waals surface area (Å²) in [7, 11) is -3.88. The summed E-state index contributed by atoms with van der Waals surface area (Å²) in [4.78, 5) is -0.362. The molecule has 1 unspecified atom stereocenters. The highest BCUT2D eigenvalue weighted by Gasteiger charge is 2.33. The van der Waals surface area contributed by atoms with Crippen LogP contribution in [0.15, 0.2) is 23.1 Å². The molecule has 1 aromatic rings. The summed E-state index contributed by atoms with van der Waals surface area (Å²) in [5.74, 6) is 4.32. The molecule has 1 aromatic carbocycles. The van der Waals surface area contributed by atoms with Gasteiger partial charge in [0, 0.05) is 25.3 Å². The Balaban J connectivity index is 2.29. The van der Waals surface area contributed by atoms with E-state index in [1.54, 1.807) is 0 Å². The second-order valence-corrected chi connectivity index (χ2v) is 6.76. The number of halogens is 1. The molecule has 2 rings (SSSR count). The Morgan fingerprint density at radius 1 is 1.48 bits per heavy atom. The molecule has 1 fully saturated rings. The van der Waals surface area contributed by atoms with Crippen molar-refractivity contribution in [3.05, 3.63) is 29.6 Å². The van der Waals surface area contributed by atoms with Crippen molar-refractivity contribution < 1.29 is 17.9 Å². The van der Waals surface area contributed by atoms with Gasteiger partial charge in [0.1, 0.15) is 10.7 Å². The third-order valence-electron chi connectivity index (χ3n) is 3.39. The van der Waals surface area contributed by atoms with Crippen LogP contribution in [0.3, 0.4) is 0 Å². The Labute approximate surface area is 123 Å². The van der Waals surface area contributed by atoms with Crippen LogP contribution < -0.4 is 5.73 Å². The van der Waals surface area contributed by atoms with Gasteiger partial charge in [0.2, 0.25) is 10.0 Å². The summed E-state index contributed by atoms with van der Waals surface area (Å²) in [6, 6.07) is 3.77. The van der Waals surface area contributed by atoms with Gasteiger partial charge in [0.25, 0.3) is 0 Å². The van der Waals surface area contributed by atoms with Crippen molar-refractivity contribution in [2.24, 2.45) is 11.7 Å². The lowest BCUT2D eigenvalue weighted by atomic mass is 10.1. The molecule has 1 heterocycles. The van der Waals surface area contributed by atoms with Gasteiger partial charge in [-0.2, -0.15) is 4.31 Å². The third-order valence-corrected chi connectivity index (χ3v) is 5.29. The maximum atomic E-state index is 14.1. The molecule has 3 N–H and O–H groups in total. The molecule has 21 heavy (non-hydrogen) atoms. The first kappa shape index (κ1) is 15.9. The normalized spacial score (nSPS) is 19.3. The smallest absolute Gasteiger partial charge is 0.245 e. The average Bonchev–Trinajstić information content (AvgIpc) is 2.94. The van der Waals surface area contributed by atoms with Crippen molar-refractivity contribution in [1.82, 2.24) is 4.31 Å². The summed E-state index contributed by atoms with van der Waals surface area (Å²) in [6.45, 7) is 0.592. The Bertz CT molecular complexity index is 679. The van der Waals surface area contributed by atoms with Crippen LogP contribution in [0.2, 0.25) is 0 Å². The average molecular weight is 312 g/mol. The van der Waals surface area contributed by atoms with Crippen LogP contribution in [0.1, 0.15) is 12.0 Å². The van der Waals surface area contributed by atoms with Crippen LogP contribution in [0.25, 0.3) is 0 Å². The summed E-state index contributed by atoms with van der Waals surface area (Å²) < 4.78 is 40.0. The molecule has 7 heteroatoms. The van der Waals surface area contributed by atoms with Crippen molar-refractivity contribution in [3.63, 3.8) is 0 Å². The number of rotatable bonds is 3. The zero-order chi connectivity index (χ0) is 15.5. The predicted molar refractivity (Wildman–Crippen MR) is 76.3 cm³/mol. The Kier molecular flexibility index (Phi) is 4.96. The predicted octanol–water partition coefficient (Wildman–Crippen LogP) is 0.139. The van der Waals surface area contributed by atoms with Crippen molar-refractivity contribution >= 4 is 10.0 Å². The van der Waals surface area contributed by atoms with Crippen LogP contribution >= 0.6 is 0 Å². The van der Waals surface area contributed by atoms with Crippen LogP contribution in [-0.2, 0) is 10.0 Å². The summed E-state index contributed by atoms with van der Waals surface area (Å²) >= 11 is 0. The van der Waals surface area contributed by atoms with Gasteiger partial charge in [-0.3, -0.25) is 0 Å². The highest BCUT2D eigenvalue weighted by atomic mass is 32.2. The zero-order valence-electron chi connectivity index (χ0n) is 11.4. The van der Waals surface area contributed by atoms with E-state index in [1.165, 1.54) is 16.4 Å². The molecule has 0 spiro atoms. The molecule has 0 radical (unpaired) electrons. The number of aliphatic hydroxyl groups excluding tert-OH is 1. The lowest BCUT2D eigenvalue weighted by molar-refractivity contribution is 0.233. The number of nitrogens with two attached hydrogens (primary N) is 1. The van der Waals surface area contributed by atoms with Crippen LogP contribution in [0, 0.1) is 23.6 Å². The quantitative estimate of drug-likeness (QED) is 0.778. The summed E-state index contributed by atoms with van der Waals surface area (Å²) in [6.07, 6.45) is 0.581. The topological polar surface area (TPSA) is 83.6 Å². The van der Waals surface area contributed by atoms with Gasteiger partial charge in [-0.15, -0.1) is 0 Å².